The van der Waals surface area contributed by atoms with E-state index in [1.54, 1.807) is 0 Å². The molecule has 1 saturated heterocycles. The van der Waals surface area contributed by atoms with Crippen LogP contribution >= 0.6 is 11.8 Å². The summed E-state index contributed by atoms with van der Waals surface area (Å²) < 4.78 is 0. The molecule has 0 bridgehead atoms. The first-order valence-corrected chi connectivity index (χ1v) is 12.1. The number of carbonyl (C=O) groups excluding carboxylic acids is 1. The van der Waals surface area contributed by atoms with Gasteiger partial charge in [-0.2, -0.15) is 5.10 Å². The number of nitrogens with zero attached hydrogens (tertiary/aromatic N) is 4. The Morgan fingerprint density at radius 2 is 1.76 bits per heavy atom. The molecule has 8 heteroatoms. The van der Waals surface area contributed by atoms with E-state index in [0.29, 0.717) is 17.4 Å². The van der Waals surface area contributed by atoms with Crippen LogP contribution in [0.4, 0.5) is 17.5 Å². The summed E-state index contributed by atoms with van der Waals surface area (Å²) in [6.45, 7) is 5.99. The van der Waals surface area contributed by atoms with E-state index in [1.165, 1.54) is 18.2 Å². The molecule has 3 heterocycles. The van der Waals surface area contributed by atoms with Crippen LogP contribution < -0.4 is 10.2 Å². The molecular weight excluding hydrogens is 444 g/mol. The molecule has 0 radical (unpaired) electrons. The van der Waals surface area contributed by atoms with E-state index < -0.39 is 0 Å². The van der Waals surface area contributed by atoms with Crippen molar-refractivity contribution in [3.63, 3.8) is 0 Å². The number of aromatic nitrogens is 4. The van der Waals surface area contributed by atoms with Crippen LogP contribution in [-0.4, -0.2) is 39.0 Å². The standard InChI is InChI=1S/C26H26N6OS/c1-17-4-8-20(9-5-17)22(33)15-19-6-10-21(11-7-19)34-26-28-23(27-24-14-18(2)30-31-24)16-25(29-26)32-12-3-13-32/h4-11,14,16H,3,12-13,15H2,1-2H3,(H2,27,28,29,30,31). The van der Waals surface area contributed by atoms with Gasteiger partial charge in [0.05, 0.1) is 0 Å². The molecule has 0 amide bonds. The van der Waals surface area contributed by atoms with Crippen molar-refractivity contribution in [1.29, 1.82) is 0 Å². The highest BCUT2D eigenvalue weighted by atomic mass is 32.2. The monoisotopic (exact) mass is 470 g/mol. The molecule has 7 nitrogen and oxygen atoms in total. The molecule has 0 aliphatic carbocycles. The average molecular weight is 471 g/mol. The predicted octanol–water partition coefficient (Wildman–Crippen LogP) is 5.35. The third kappa shape index (κ3) is 5.28. The van der Waals surface area contributed by atoms with Crippen LogP contribution in [0.1, 0.15) is 33.6 Å². The van der Waals surface area contributed by atoms with Gasteiger partial charge < -0.3 is 10.2 Å². The summed E-state index contributed by atoms with van der Waals surface area (Å²) >= 11 is 1.51. The van der Waals surface area contributed by atoms with Crippen molar-refractivity contribution in [2.75, 3.05) is 23.3 Å². The zero-order valence-corrected chi connectivity index (χ0v) is 20.0. The number of hydrogen-bond acceptors (Lipinski definition) is 7. The van der Waals surface area contributed by atoms with E-state index in [4.69, 9.17) is 9.97 Å². The number of rotatable bonds is 8. The first-order chi connectivity index (χ1) is 16.5. The Morgan fingerprint density at radius 1 is 1.00 bits per heavy atom. The van der Waals surface area contributed by atoms with Gasteiger partial charge in [0, 0.05) is 47.8 Å². The lowest BCUT2D eigenvalue weighted by Gasteiger charge is -2.32. The number of ketones is 1. The number of nitrogens with one attached hydrogen (secondary N) is 2. The summed E-state index contributed by atoms with van der Waals surface area (Å²) in [4.78, 5) is 25.3. The van der Waals surface area contributed by atoms with Crippen molar-refractivity contribution in [1.82, 2.24) is 20.2 Å². The maximum atomic E-state index is 12.6. The maximum absolute atomic E-state index is 12.6. The minimum Gasteiger partial charge on any atom is -0.356 e. The van der Waals surface area contributed by atoms with Gasteiger partial charge in [0.1, 0.15) is 11.6 Å². The molecule has 34 heavy (non-hydrogen) atoms. The van der Waals surface area contributed by atoms with Gasteiger partial charge in [0.25, 0.3) is 0 Å². The van der Waals surface area contributed by atoms with E-state index in [1.807, 2.05) is 74.5 Å². The van der Waals surface area contributed by atoms with Crippen LogP contribution in [0.2, 0.25) is 0 Å². The van der Waals surface area contributed by atoms with Gasteiger partial charge in [-0.3, -0.25) is 9.89 Å². The topological polar surface area (TPSA) is 86.8 Å². The first-order valence-electron chi connectivity index (χ1n) is 11.3. The number of aryl methyl sites for hydroxylation is 2. The highest BCUT2D eigenvalue weighted by Crippen LogP contribution is 2.30. The SMILES string of the molecule is Cc1ccc(C(=O)Cc2ccc(Sc3nc(Nc4cc(C)[nH]n4)cc(N4CCC4)n3)cc2)cc1. The van der Waals surface area contributed by atoms with Crippen LogP contribution in [0.15, 0.2) is 70.7 Å². The second kappa shape index (κ2) is 9.69. The van der Waals surface area contributed by atoms with Gasteiger partial charge in [-0.25, -0.2) is 9.97 Å². The summed E-state index contributed by atoms with van der Waals surface area (Å²) in [6.07, 6.45) is 1.56. The summed E-state index contributed by atoms with van der Waals surface area (Å²) in [5.41, 5.74) is 3.86. The highest BCUT2D eigenvalue weighted by Gasteiger charge is 2.18. The third-order valence-corrected chi connectivity index (χ3v) is 6.58. The van der Waals surface area contributed by atoms with Gasteiger partial charge >= 0.3 is 0 Å². The lowest BCUT2D eigenvalue weighted by molar-refractivity contribution is 0.0993. The Hall–Kier alpha value is -3.65. The molecule has 0 spiro atoms. The second-order valence-corrected chi connectivity index (χ2v) is 9.55. The van der Waals surface area contributed by atoms with Crippen molar-refractivity contribution >= 4 is 35.0 Å². The molecule has 1 aliphatic heterocycles. The number of hydrogen-bond donors (Lipinski definition) is 2. The Bertz CT molecular complexity index is 1300. The van der Waals surface area contributed by atoms with Crippen molar-refractivity contribution in [2.24, 2.45) is 0 Å². The lowest BCUT2D eigenvalue weighted by Crippen LogP contribution is -2.37. The molecule has 1 aliphatic rings. The summed E-state index contributed by atoms with van der Waals surface area (Å²) in [5.74, 6) is 2.48. The minimum absolute atomic E-state index is 0.121. The smallest absolute Gasteiger partial charge is 0.196 e. The quantitative estimate of drug-likeness (QED) is 0.265. The average Bonchev–Trinajstić information content (AvgIpc) is 3.18. The van der Waals surface area contributed by atoms with Crippen molar-refractivity contribution in [2.45, 2.75) is 36.7 Å². The van der Waals surface area contributed by atoms with Crippen molar-refractivity contribution in [3.05, 3.63) is 83.0 Å². The molecule has 2 N–H and O–H groups in total. The zero-order chi connectivity index (χ0) is 23.5. The fourth-order valence-corrected chi connectivity index (χ4v) is 4.42. The maximum Gasteiger partial charge on any atom is 0.196 e. The molecule has 1 fully saturated rings. The fourth-order valence-electron chi connectivity index (χ4n) is 3.65. The van der Waals surface area contributed by atoms with Crippen molar-refractivity contribution in [3.8, 4) is 0 Å². The molecule has 2 aromatic heterocycles. The van der Waals surface area contributed by atoms with E-state index in [-0.39, 0.29) is 5.78 Å². The number of H-pyrrole nitrogens is 1. The number of anilines is 3. The van der Waals surface area contributed by atoms with Crippen LogP contribution in [0.5, 0.6) is 0 Å². The molecule has 0 saturated carbocycles. The largest absolute Gasteiger partial charge is 0.356 e. The van der Waals surface area contributed by atoms with Gasteiger partial charge in [-0.1, -0.05) is 42.0 Å². The first kappa shape index (κ1) is 22.2. The number of aromatic amines is 1. The van der Waals surface area contributed by atoms with E-state index in [0.717, 1.165) is 52.0 Å². The molecule has 0 unspecified atom stereocenters. The normalized spacial score (nSPS) is 12.9. The lowest BCUT2D eigenvalue weighted by atomic mass is 10.0. The molecule has 172 valence electrons. The van der Waals surface area contributed by atoms with Gasteiger partial charge in [-0.15, -0.1) is 0 Å². The van der Waals surface area contributed by atoms with Crippen LogP contribution in [0.25, 0.3) is 0 Å². The second-order valence-electron chi connectivity index (χ2n) is 8.51. The van der Waals surface area contributed by atoms with Gasteiger partial charge in [-0.05, 0) is 49.7 Å². The Balaban J connectivity index is 1.30. The minimum atomic E-state index is 0.121. The number of carbonyl (C=O) groups is 1. The van der Waals surface area contributed by atoms with Crippen molar-refractivity contribution < 1.29 is 4.79 Å². The summed E-state index contributed by atoms with van der Waals surface area (Å²) in [7, 11) is 0. The number of Topliss-reactive ketones (excluding diaryl/α,β-unsaturated/α-hetero) is 1. The number of benzene rings is 2. The molecule has 5 rings (SSSR count). The molecule has 2 aromatic carbocycles. The third-order valence-electron chi connectivity index (χ3n) is 5.70. The predicted molar refractivity (Wildman–Crippen MR) is 135 cm³/mol. The van der Waals surface area contributed by atoms with Crippen LogP contribution in [0, 0.1) is 13.8 Å². The Kier molecular flexibility index (Phi) is 6.31. The Morgan fingerprint density at radius 3 is 2.41 bits per heavy atom. The highest BCUT2D eigenvalue weighted by molar-refractivity contribution is 7.99. The van der Waals surface area contributed by atoms with E-state index >= 15 is 0 Å². The molecule has 0 atom stereocenters. The van der Waals surface area contributed by atoms with E-state index in [9.17, 15) is 4.79 Å². The van der Waals surface area contributed by atoms with Gasteiger partial charge in [0.2, 0.25) is 0 Å². The van der Waals surface area contributed by atoms with Gasteiger partial charge in [0.15, 0.2) is 16.8 Å². The summed E-state index contributed by atoms with van der Waals surface area (Å²) in [5, 5.41) is 11.1. The van der Waals surface area contributed by atoms with Crippen LogP contribution in [0.3, 0.4) is 0 Å². The Labute approximate surface area is 203 Å². The molecule has 4 aromatic rings. The molecular formula is C26H26N6OS. The zero-order valence-electron chi connectivity index (χ0n) is 19.2. The fraction of sp³-hybridized carbons (Fsp3) is 0.231. The van der Waals surface area contributed by atoms with Crippen LogP contribution in [-0.2, 0) is 6.42 Å². The summed E-state index contributed by atoms with van der Waals surface area (Å²) in [6, 6.07) is 19.7. The van der Waals surface area contributed by atoms with E-state index in [2.05, 4.69) is 20.4 Å².